The summed E-state index contributed by atoms with van der Waals surface area (Å²) in [5, 5.41) is 10.2. The van der Waals surface area contributed by atoms with Gasteiger partial charge in [-0.15, -0.1) is 0 Å². The molecule has 3 aromatic rings. The van der Waals surface area contributed by atoms with E-state index in [2.05, 4.69) is 30.9 Å². The summed E-state index contributed by atoms with van der Waals surface area (Å²) >= 11 is 3.39. The van der Waals surface area contributed by atoms with Gasteiger partial charge in [0.2, 0.25) is 5.88 Å². The molecule has 5 heteroatoms. The smallest absolute Gasteiger partial charge is 0.223 e. The number of halogens is 1. The van der Waals surface area contributed by atoms with Crippen molar-refractivity contribution in [2.24, 2.45) is 0 Å². The topological polar surface area (TPSA) is 61.8 Å². The number of nitrogens with one attached hydrogen (secondary N) is 1. The molecule has 0 radical (unpaired) electrons. The van der Waals surface area contributed by atoms with Crippen LogP contribution >= 0.6 is 15.9 Å². The average Bonchev–Trinajstić information content (AvgIpc) is 2.75. The van der Waals surface area contributed by atoms with Gasteiger partial charge < -0.3 is 10.1 Å². The molecule has 2 aromatic heterocycles. The van der Waals surface area contributed by atoms with Crippen molar-refractivity contribution in [1.29, 1.82) is 0 Å². The first kappa shape index (κ1) is 10.3. The highest BCUT2D eigenvalue weighted by Gasteiger charge is 2.07. The summed E-state index contributed by atoms with van der Waals surface area (Å²) in [4.78, 5) is 11.0. The summed E-state index contributed by atoms with van der Waals surface area (Å²) in [7, 11) is 0. The van der Waals surface area contributed by atoms with Crippen LogP contribution in [0.2, 0.25) is 0 Å². The highest BCUT2D eigenvalue weighted by Crippen LogP contribution is 2.27. The third kappa shape index (κ3) is 1.78. The van der Waals surface area contributed by atoms with Crippen molar-refractivity contribution in [1.82, 2.24) is 15.0 Å². The first-order valence-electron chi connectivity index (χ1n) is 5.02. The molecule has 2 heterocycles. The predicted molar refractivity (Wildman–Crippen MR) is 68.7 cm³/mol. The molecule has 0 aliphatic rings. The molecule has 0 aliphatic heterocycles. The van der Waals surface area contributed by atoms with Crippen LogP contribution < -0.4 is 0 Å². The van der Waals surface area contributed by atoms with E-state index < -0.39 is 0 Å². The molecule has 17 heavy (non-hydrogen) atoms. The molecule has 0 amide bonds. The van der Waals surface area contributed by atoms with E-state index in [4.69, 9.17) is 0 Å². The van der Waals surface area contributed by atoms with Gasteiger partial charge in [-0.3, -0.25) is 0 Å². The monoisotopic (exact) mass is 289 g/mol. The molecule has 0 saturated carbocycles. The minimum Gasteiger partial charge on any atom is -0.493 e. The average molecular weight is 290 g/mol. The SMILES string of the molecule is Oc1ncnc2[nH]c(-c3ccc(Br)cc3)cc12. The second kappa shape index (κ2) is 3.85. The number of fused-ring (bicyclic) bond motifs is 1. The largest absolute Gasteiger partial charge is 0.493 e. The number of H-pyrrole nitrogens is 1. The van der Waals surface area contributed by atoms with Crippen LogP contribution in [-0.2, 0) is 0 Å². The van der Waals surface area contributed by atoms with Crippen LogP contribution in [-0.4, -0.2) is 20.1 Å². The standard InChI is InChI=1S/C12H8BrN3O/c13-8-3-1-7(2-4-8)10-5-9-11(16-10)14-6-15-12(9)17/h1-6H,(H2,14,15,16,17). The summed E-state index contributed by atoms with van der Waals surface area (Å²) in [5.74, 6) is -0.00499. The van der Waals surface area contributed by atoms with Gasteiger partial charge in [0.25, 0.3) is 0 Å². The lowest BCUT2D eigenvalue weighted by atomic mass is 10.1. The first-order chi connectivity index (χ1) is 8.24. The molecule has 0 atom stereocenters. The van der Waals surface area contributed by atoms with E-state index in [9.17, 15) is 5.11 Å². The Morgan fingerprint density at radius 2 is 1.88 bits per heavy atom. The normalized spacial score (nSPS) is 10.9. The maximum absolute atomic E-state index is 9.60. The number of rotatable bonds is 1. The molecule has 2 N–H and O–H groups in total. The van der Waals surface area contributed by atoms with Crippen molar-refractivity contribution in [3.05, 3.63) is 41.1 Å². The minimum absolute atomic E-state index is 0.00499. The zero-order valence-electron chi connectivity index (χ0n) is 8.68. The fourth-order valence-electron chi connectivity index (χ4n) is 1.71. The summed E-state index contributed by atoms with van der Waals surface area (Å²) < 4.78 is 1.03. The Bertz CT molecular complexity index is 676. The maximum Gasteiger partial charge on any atom is 0.223 e. The lowest BCUT2D eigenvalue weighted by molar-refractivity contribution is 0.459. The molecule has 0 fully saturated rings. The number of nitrogens with zero attached hydrogens (tertiary/aromatic N) is 2. The lowest BCUT2D eigenvalue weighted by Gasteiger charge is -1.96. The highest BCUT2D eigenvalue weighted by atomic mass is 79.9. The number of hydrogen-bond acceptors (Lipinski definition) is 3. The molecule has 3 rings (SSSR count). The van der Waals surface area contributed by atoms with E-state index in [1.807, 2.05) is 30.3 Å². The van der Waals surface area contributed by atoms with Gasteiger partial charge in [-0.05, 0) is 23.8 Å². The fraction of sp³-hybridized carbons (Fsp3) is 0. The van der Waals surface area contributed by atoms with Crippen molar-refractivity contribution >= 4 is 27.0 Å². The molecule has 0 spiro atoms. The predicted octanol–water partition coefficient (Wildman–Crippen LogP) is 3.09. The maximum atomic E-state index is 9.60. The van der Waals surface area contributed by atoms with Gasteiger partial charge in [0.05, 0.1) is 5.39 Å². The molecule has 4 nitrogen and oxygen atoms in total. The summed E-state index contributed by atoms with van der Waals surface area (Å²) in [6, 6.07) is 9.74. The molecule has 0 aliphatic carbocycles. The summed E-state index contributed by atoms with van der Waals surface area (Å²) in [5.41, 5.74) is 2.57. The van der Waals surface area contributed by atoms with Crippen molar-refractivity contribution in [3.8, 4) is 17.1 Å². The Labute approximate surface area is 105 Å². The van der Waals surface area contributed by atoms with Gasteiger partial charge in [-0.25, -0.2) is 9.97 Å². The van der Waals surface area contributed by atoms with Gasteiger partial charge in [-0.2, -0.15) is 0 Å². The molecule has 0 unspecified atom stereocenters. The van der Waals surface area contributed by atoms with Gasteiger partial charge in [0.15, 0.2) is 0 Å². The van der Waals surface area contributed by atoms with E-state index in [1.165, 1.54) is 6.33 Å². The lowest BCUT2D eigenvalue weighted by Crippen LogP contribution is -1.79. The van der Waals surface area contributed by atoms with E-state index in [-0.39, 0.29) is 5.88 Å². The third-order valence-electron chi connectivity index (χ3n) is 2.56. The van der Waals surface area contributed by atoms with Crippen molar-refractivity contribution in [3.63, 3.8) is 0 Å². The van der Waals surface area contributed by atoms with Gasteiger partial charge in [0.1, 0.15) is 12.0 Å². The summed E-state index contributed by atoms with van der Waals surface area (Å²) in [6.45, 7) is 0. The van der Waals surface area contributed by atoms with Gasteiger partial charge in [0, 0.05) is 10.2 Å². The van der Waals surface area contributed by atoms with Crippen LogP contribution in [0.1, 0.15) is 0 Å². The number of benzene rings is 1. The van der Waals surface area contributed by atoms with Crippen molar-refractivity contribution in [2.75, 3.05) is 0 Å². The minimum atomic E-state index is -0.00499. The molecule has 84 valence electrons. The summed E-state index contributed by atoms with van der Waals surface area (Å²) in [6.07, 6.45) is 1.33. The van der Waals surface area contributed by atoms with E-state index in [0.29, 0.717) is 11.0 Å². The van der Waals surface area contributed by atoms with Crippen LogP contribution in [0, 0.1) is 0 Å². The quantitative estimate of drug-likeness (QED) is 0.724. The number of aromatic amines is 1. The van der Waals surface area contributed by atoms with Crippen LogP contribution in [0.4, 0.5) is 0 Å². The Kier molecular flexibility index (Phi) is 2.33. The van der Waals surface area contributed by atoms with Crippen LogP contribution in [0.3, 0.4) is 0 Å². The molecular formula is C12H8BrN3O. The van der Waals surface area contributed by atoms with Crippen LogP contribution in [0.25, 0.3) is 22.3 Å². The zero-order valence-corrected chi connectivity index (χ0v) is 10.3. The number of aromatic hydroxyl groups is 1. The molecule has 0 bridgehead atoms. The van der Waals surface area contributed by atoms with E-state index in [0.717, 1.165) is 15.7 Å². The van der Waals surface area contributed by atoms with Gasteiger partial charge >= 0.3 is 0 Å². The Morgan fingerprint density at radius 1 is 1.12 bits per heavy atom. The first-order valence-corrected chi connectivity index (χ1v) is 5.82. The highest BCUT2D eigenvalue weighted by molar-refractivity contribution is 9.10. The molecule has 0 saturated heterocycles. The Morgan fingerprint density at radius 3 is 2.59 bits per heavy atom. The van der Waals surface area contributed by atoms with Gasteiger partial charge in [-0.1, -0.05) is 28.1 Å². The van der Waals surface area contributed by atoms with E-state index >= 15 is 0 Å². The van der Waals surface area contributed by atoms with Crippen molar-refractivity contribution in [2.45, 2.75) is 0 Å². The van der Waals surface area contributed by atoms with Crippen LogP contribution in [0.15, 0.2) is 41.1 Å². The Balaban J connectivity index is 2.18. The fourth-order valence-corrected chi connectivity index (χ4v) is 1.98. The van der Waals surface area contributed by atoms with E-state index in [1.54, 1.807) is 0 Å². The second-order valence-electron chi connectivity index (χ2n) is 3.65. The zero-order chi connectivity index (χ0) is 11.8. The van der Waals surface area contributed by atoms with Crippen LogP contribution in [0.5, 0.6) is 5.88 Å². The third-order valence-corrected chi connectivity index (χ3v) is 3.09. The Hall–Kier alpha value is -1.88. The second-order valence-corrected chi connectivity index (χ2v) is 4.57. The number of aromatic nitrogens is 3. The molecular weight excluding hydrogens is 282 g/mol. The number of hydrogen-bond donors (Lipinski definition) is 2. The van der Waals surface area contributed by atoms with Crippen molar-refractivity contribution < 1.29 is 5.11 Å². The molecule has 1 aromatic carbocycles.